The summed E-state index contributed by atoms with van der Waals surface area (Å²) in [6.07, 6.45) is 2.77. The van der Waals surface area contributed by atoms with Crippen molar-refractivity contribution in [1.29, 1.82) is 0 Å². The van der Waals surface area contributed by atoms with Gasteiger partial charge in [0, 0.05) is 25.6 Å². The smallest absolute Gasteiger partial charge is 0.335 e. The first-order valence-corrected chi connectivity index (χ1v) is 9.67. The highest BCUT2D eigenvalue weighted by atomic mass is 32.2. The van der Waals surface area contributed by atoms with E-state index in [4.69, 9.17) is 5.11 Å². The molecule has 1 aromatic carbocycles. The molecule has 0 radical (unpaired) electrons. The summed E-state index contributed by atoms with van der Waals surface area (Å²) in [5.41, 5.74) is 1.08. The Kier molecular flexibility index (Phi) is 5.95. The fraction of sp³-hybridized carbons (Fsp3) is 0.500. The maximum Gasteiger partial charge on any atom is 0.335 e. The molecule has 1 aliphatic heterocycles. The van der Waals surface area contributed by atoms with E-state index >= 15 is 0 Å². The number of hydrogen-bond acceptors (Lipinski definition) is 4. The van der Waals surface area contributed by atoms with Gasteiger partial charge in [0.05, 0.1) is 11.8 Å². The molecule has 1 fully saturated rings. The number of nitrogens with one attached hydrogen (secondary N) is 1. The molecular formula is C16H22N2O5S. The Morgan fingerprint density at radius 3 is 2.54 bits per heavy atom. The van der Waals surface area contributed by atoms with E-state index in [-0.39, 0.29) is 17.4 Å². The Morgan fingerprint density at radius 2 is 1.96 bits per heavy atom. The molecular weight excluding hydrogens is 332 g/mol. The van der Waals surface area contributed by atoms with E-state index in [1.165, 1.54) is 16.6 Å². The minimum atomic E-state index is -3.19. The molecule has 1 heterocycles. The molecule has 0 spiro atoms. The van der Waals surface area contributed by atoms with Gasteiger partial charge in [-0.1, -0.05) is 12.1 Å². The van der Waals surface area contributed by atoms with Crippen molar-refractivity contribution in [3.63, 3.8) is 0 Å². The fourth-order valence-corrected chi connectivity index (χ4v) is 3.66. The van der Waals surface area contributed by atoms with E-state index in [9.17, 15) is 18.0 Å². The first-order valence-electron chi connectivity index (χ1n) is 7.82. The molecule has 24 heavy (non-hydrogen) atoms. The number of piperidine rings is 1. The molecule has 7 nitrogen and oxygen atoms in total. The van der Waals surface area contributed by atoms with E-state index in [1.807, 2.05) is 6.07 Å². The van der Waals surface area contributed by atoms with Crippen LogP contribution in [0.1, 0.15) is 28.8 Å². The molecule has 0 bridgehead atoms. The third kappa shape index (κ3) is 5.04. The van der Waals surface area contributed by atoms with Crippen LogP contribution in [0.2, 0.25) is 0 Å². The average molecular weight is 354 g/mol. The number of carbonyl (C=O) groups is 2. The number of benzene rings is 1. The lowest BCUT2D eigenvalue weighted by Gasteiger charge is -2.29. The Balaban J connectivity index is 1.78. The highest BCUT2D eigenvalue weighted by Crippen LogP contribution is 2.19. The highest BCUT2D eigenvalue weighted by molar-refractivity contribution is 7.88. The molecule has 2 N–H and O–H groups in total. The Bertz CT molecular complexity index is 709. The largest absolute Gasteiger partial charge is 0.478 e. The van der Waals surface area contributed by atoms with Gasteiger partial charge in [-0.05, 0) is 37.0 Å². The van der Waals surface area contributed by atoms with Gasteiger partial charge in [0.25, 0.3) is 0 Å². The number of sulfonamides is 1. The van der Waals surface area contributed by atoms with Gasteiger partial charge in [-0.3, -0.25) is 4.79 Å². The fourth-order valence-electron chi connectivity index (χ4n) is 2.78. The number of carboxylic acids is 1. The second-order valence-electron chi connectivity index (χ2n) is 5.98. The van der Waals surface area contributed by atoms with Gasteiger partial charge in [0.2, 0.25) is 15.9 Å². The van der Waals surface area contributed by atoms with Gasteiger partial charge in [0.15, 0.2) is 0 Å². The lowest BCUT2D eigenvalue weighted by atomic mass is 9.97. The van der Waals surface area contributed by atoms with Crippen molar-refractivity contribution in [3.05, 3.63) is 35.4 Å². The molecule has 1 aliphatic rings. The first-order chi connectivity index (χ1) is 11.3. The number of nitrogens with zero attached hydrogens (tertiary/aromatic N) is 1. The Labute approximate surface area is 141 Å². The number of aromatic carboxylic acids is 1. The molecule has 1 amide bonds. The molecule has 1 saturated heterocycles. The Morgan fingerprint density at radius 1 is 1.29 bits per heavy atom. The maximum atomic E-state index is 12.1. The van der Waals surface area contributed by atoms with Crippen molar-refractivity contribution in [2.75, 3.05) is 25.9 Å². The van der Waals surface area contributed by atoms with E-state index in [2.05, 4.69) is 5.32 Å². The van der Waals surface area contributed by atoms with Crippen molar-refractivity contribution in [2.24, 2.45) is 5.92 Å². The summed E-state index contributed by atoms with van der Waals surface area (Å²) in [6.45, 7) is 1.17. The number of carboxylic acid groups (broad SMARTS) is 1. The zero-order valence-corrected chi connectivity index (χ0v) is 14.4. The molecule has 0 aromatic heterocycles. The van der Waals surface area contributed by atoms with E-state index in [0.717, 1.165) is 5.56 Å². The van der Waals surface area contributed by atoms with E-state index in [0.29, 0.717) is 38.9 Å². The van der Waals surface area contributed by atoms with Crippen LogP contribution in [0.4, 0.5) is 0 Å². The molecule has 8 heteroatoms. The van der Waals surface area contributed by atoms with Crippen molar-refractivity contribution in [1.82, 2.24) is 9.62 Å². The average Bonchev–Trinajstić information content (AvgIpc) is 2.54. The van der Waals surface area contributed by atoms with Gasteiger partial charge < -0.3 is 10.4 Å². The normalized spacial score (nSPS) is 16.7. The minimum absolute atomic E-state index is 0.0717. The highest BCUT2D eigenvalue weighted by Gasteiger charge is 2.28. The summed E-state index contributed by atoms with van der Waals surface area (Å²) in [5.74, 6) is -1.22. The van der Waals surface area contributed by atoms with Crippen molar-refractivity contribution < 1.29 is 23.1 Å². The topological polar surface area (TPSA) is 104 Å². The quantitative estimate of drug-likeness (QED) is 0.783. The SMILES string of the molecule is CS(=O)(=O)N1CCC(C(=O)NCCc2cccc(C(=O)O)c2)CC1. The number of rotatable bonds is 6. The lowest BCUT2D eigenvalue weighted by Crippen LogP contribution is -2.42. The summed E-state index contributed by atoms with van der Waals surface area (Å²) in [5, 5.41) is 11.8. The summed E-state index contributed by atoms with van der Waals surface area (Å²) in [4.78, 5) is 23.1. The summed E-state index contributed by atoms with van der Waals surface area (Å²) in [7, 11) is -3.19. The standard InChI is InChI=1S/C16H22N2O5S/c1-24(22,23)18-9-6-13(7-10-18)15(19)17-8-5-12-3-2-4-14(11-12)16(20)21/h2-4,11,13H,5-10H2,1H3,(H,17,19)(H,20,21). The zero-order chi connectivity index (χ0) is 17.7. The second-order valence-corrected chi connectivity index (χ2v) is 7.97. The monoisotopic (exact) mass is 354 g/mol. The third-order valence-electron chi connectivity index (χ3n) is 4.18. The van der Waals surface area contributed by atoms with Gasteiger partial charge >= 0.3 is 5.97 Å². The number of carbonyl (C=O) groups excluding carboxylic acids is 1. The van der Waals surface area contributed by atoms with Crippen molar-refractivity contribution in [3.8, 4) is 0 Å². The molecule has 132 valence electrons. The summed E-state index contributed by atoms with van der Waals surface area (Å²) < 4.78 is 24.3. The minimum Gasteiger partial charge on any atom is -0.478 e. The third-order valence-corrected chi connectivity index (χ3v) is 5.48. The molecule has 1 aromatic rings. The van der Waals surface area contributed by atoms with Crippen LogP contribution in [-0.4, -0.2) is 55.6 Å². The van der Waals surface area contributed by atoms with Gasteiger partial charge in [0.1, 0.15) is 0 Å². The van der Waals surface area contributed by atoms with Crippen LogP contribution < -0.4 is 5.32 Å². The van der Waals surface area contributed by atoms with E-state index in [1.54, 1.807) is 12.1 Å². The molecule has 0 atom stereocenters. The van der Waals surface area contributed by atoms with Crippen molar-refractivity contribution in [2.45, 2.75) is 19.3 Å². The number of hydrogen-bond donors (Lipinski definition) is 2. The van der Waals surface area contributed by atoms with Crippen LogP contribution in [0.25, 0.3) is 0 Å². The second kappa shape index (κ2) is 7.76. The predicted octanol–water partition coefficient (Wildman–Crippen LogP) is 0.715. The van der Waals surface area contributed by atoms with Crippen LogP contribution in [-0.2, 0) is 21.2 Å². The molecule has 0 aliphatic carbocycles. The lowest BCUT2D eigenvalue weighted by molar-refractivity contribution is -0.126. The summed E-state index contributed by atoms with van der Waals surface area (Å²) in [6, 6.07) is 6.63. The maximum absolute atomic E-state index is 12.1. The van der Waals surface area contributed by atoms with Crippen LogP contribution in [0, 0.1) is 5.92 Å². The summed E-state index contributed by atoms with van der Waals surface area (Å²) >= 11 is 0. The molecule has 0 saturated carbocycles. The van der Waals surface area contributed by atoms with E-state index < -0.39 is 16.0 Å². The Hall–Kier alpha value is -1.93. The molecule has 0 unspecified atom stereocenters. The van der Waals surface area contributed by atoms with Crippen LogP contribution in [0.15, 0.2) is 24.3 Å². The van der Waals surface area contributed by atoms with Crippen molar-refractivity contribution >= 4 is 21.9 Å². The van der Waals surface area contributed by atoms with Gasteiger partial charge in [-0.15, -0.1) is 0 Å². The number of amides is 1. The van der Waals surface area contributed by atoms with Gasteiger partial charge in [-0.2, -0.15) is 0 Å². The van der Waals surface area contributed by atoms with Crippen LogP contribution in [0.5, 0.6) is 0 Å². The van der Waals surface area contributed by atoms with Crippen LogP contribution >= 0.6 is 0 Å². The molecule has 2 rings (SSSR count). The zero-order valence-electron chi connectivity index (χ0n) is 13.6. The van der Waals surface area contributed by atoms with Crippen LogP contribution in [0.3, 0.4) is 0 Å². The first kappa shape index (κ1) is 18.4. The van der Waals surface area contributed by atoms with Gasteiger partial charge in [-0.25, -0.2) is 17.5 Å². The predicted molar refractivity (Wildman–Crippen MR) is 89.3 cm³/mol.